The molecular weight excluding hydrogens is 272 g/mol. The maximum atomic E-state index is 6.18. The topological polar surface area (TPSA) is 50.7 Å². The summed E-state index contributed by atoms with van der Waals surface area (Å²) in [4.78, 5) is 4.53. The van der Waals surface area contributed by atoms with E-state index < -0.39 is 0 Å². The number of nitrogens with zero attached hydrogens (tertiary/aromatic N) is 3. The zero-order chi connectivity index (χ0) is 14.5. The van der Waals surface area contributed by atoms with Crippen molar-refractivity contribution >= 4 is 23.2 Å². The van der Waals surface area contributed by atoms with Gasteiger partial charge in [-0.15, -0.1) is 21.8 Å². The third-order valence-electron chi connectivity index (χ3n) is 3.15. The number of hydrogen-bond acceptors (Lipinski definition) is 4. The van der Waals surface area contributed by atoms with Gasteiger partial charge >= 0.3 is 0 Å². The van der Waals surface area contributed by atoms with E-state index in [-0.39, 0.29) is 5.38 Å². The van der Waals surface area contributed by atoms with Crippen LogP contribution in [0.3, 0.4) is 0 Å². The van der Waals surface area contributed by atoms with Crippen molar-refractivity contribution in [3.63, 3.8) is 0 Å². The summed E-state index contributed by atoms with van der Waals surface area (Å²) < 4.78 is 0. The van der Waals surface area contributed by atoms with E-state index in [0.717, 1.165) is 35.5 Å². The largest absolute Gasteiger partial charge is 0.323 e. The van der Waals surface area contributed by atoms with Gasteiger partial charge in [-0.25, -0.2) is 4.98 Å². The van der Waals surface area contributed by atoms with Crippen molar-refractivity contribution in [2.24, 2.45) is 0 Å². The van der Waals surface area contributed by atoms with E-state index in [4.69, 9.17) is 11.6 Å². The number of halogens is 1. The number of benzene rings is 1. The molecule has 5 heteroatoms. The van der Waals surface area contributed by atoms with E-state index in [1.165, 1.54) is 0 Å². The molecule has 1 unspecified atom stereocenters. The lowest BCUT2D eigenvalue weighted by Gasteiger charge is -2.13. The number of anilines is 2. The number of rotatable bonds is 5. The Labute approximate surface area is 124 Å². The Bertz CT molecular complexity index is 584. The zero-order valence-electron chi connectivity index (χ0n) is 12.0. The van der Waals surface area contributed by atoms with Crippen molar-refractivity contribution in [2.75, 3.05) is 5.32 Å². The maximum Gasteiger partial charge on any atom is 0.247 e. The van der Waals surface area contributed by atoms with Gasteiger partial charge in [0.05, 0.1) is 16.8 Å². The number of aryl methyl sites for hydroxylation is 2. The predicted octanol–water partition coefficient (Wildman–Crippen LogP) is 4.04. The quantitative estimate of drug-likeness (QED) is 0.844. The minimum atomic E-state index is -0.0766. The highest BCUT2D eigenvalue weighted by Gasteiger charge is 2.10. The summed E-state index contributed by atoms with van der Waals surface area (Å²) in [5.41, 5.74) is 3.89. The lowest BCUT2D eigenvalue weighted by molar-refractivity contribution is 0.828. The van der Waals surface area contributed by atoms with Crippen LogP contribution in [0.4, 0.5) is 11.6 Å². The van der Waals surface area contributed by atoms with E-state index >= 15 is 0 Å². The highest BCUT2D eigenvalue weighted by molar-refractivity contribution is 6.21. The van der Waals surface area contributed by atoms with Crippen molar-refractivity contribution in [2.45, 2.75) is 39.0 Å². The van der Waals surface area contributed by atoms with Gasteiger partial charge in [-0.3, -0.25) is 0 Å². The van der Waals surface area contributed by atoms with Crippen LogP contribution < -0.4 is 5.32 Å². The fraction of sp³-hybridized carbons (Fsp3) is 0.400. The van der Waals surface area contributed by atoms with Gasteiger partial charge in [-0.1, -0.05) is 32.0 Å². The summed E-state index contributed by atoms with van der Waals surface area (Å²) in [5, 5.41) is 11.5. The molecule has 0 aliphatic carbocycles. The molecule has 0 saturated carbocycles. The van der Waals surface area contributed by atoms with E-state index in [2.05, 4.69) is 34.3 Å². The zero-order valence-corrected chi connectivity index (χ0v) is 12.8. The molecule has 106 valence electrons. The van der Waals surface area contributed by atoms with Crippen LogP contribution in [0.2, 0.25) is 0 Å². The first-order valence-electron chi connectivity index (χ1n) is 6.88. The van der Waals surface area contributed by atoms with Crippen LogP contribution in [0.15, 0.2) is 24.3 Å². The number of hydrogen-bond donors (Lipinski definition) is 1. The second-order valence-corrected chi connectivity index (χ2v) is 5.22. The van der Waals surface area contributed by atoms with E-state index in [9.17, 15) is 0 Å². The molecule has 0 aliphatic rings. The summed E-state index contributed by atoms with van der Waals surface area (Å²) in [6.45, 7) is 6.07. The van der Waals surface area contributed by atoms with E-state index in [1.807, 2.05) is 31.2 Å². The van der Waals surface area contributed by atoms with Gasteiger partial charge in [0.2, 0.25) is 5.95 Å². The molecule has 1 atom stereocenters. The average Bonchev–Trinajstić information content (AvgIpc) is 2.47. The molecule has 1 aromatic carbocycles. The third kappa shape index (κ3) is 3.25. The van der Waals surface area contributed by atoms with Crippen LogP contribution in [0.25, 0.3) is 0 Å². The van der Waals surface area contributed by atoms with Gasteiger partial charge in [0, 0.05) is 5.69 Å². The Morgan fingerprint density at radius 3 is 2.45 bits per heavy atom. The summed E-state index contributed by atoms with van der Waals surface area (Å²) >= 11 is 6.18. The summed E-state index contributed by atoms with van der Waals surface area (Å²) in [6, 6.07) is 7.89. The molecule has 0 amide bonds. The fourth-order valence-electron chi connectivity index (χ4n) is 2.07. The molecule has 1 heterocycles. The Hall–Kier alpha value is -1.68. The van der Waals surface area contributed by atoms with Crippen LogP contribution in [0.1, 0.15) is 43.1 Å². The van der Waals surface area contributed by atoms with Crippen molar-refractivity contribution < 1.29 is 0 Å². The second kappa shape index (κ2) is 6.66. The van der Waals surface area contributed by atoms with Crippen LogP contribution in [-0.4, -0.2) is 15.2 Å². The molecule has 2 rings (SSSR count). The van der Waals surface area contributed by atoms with Crippen molar-refractivity contribution in [1.82, 2.24) is 15.2 Å². The van der Waals surface area contributed by atoms with Crippen molar-refractivity contribution in [1.29, 1.82) is 0 Å². The molecule has 0 aliphatic heterocycles. The van der Waals surface area contributed by atoms with Gasteiger partial charge in [0.1, 0.15) is 0 Å². The smallest absolute Gasteiger partial charge is 0.247 e. The normalized spacial score (nSPS) is 12.2. The first kappa shape index (κ1) is 14.7. The van der Waals surface area contributed by atoms with Gasteiger partial charge in [-0.05, 0) is 31.4 Å². The monoisotopic (exact) mass is 290 g/mol. The summed E-state index contributed by atoms with van der Waals surface area (Å²) in [7, 11) is 0. The number of nitrogens with one attached hydrogen (secondary N) is 1. The Morgan fingerprint density at radius 2 is 1.80 bits per heavy atom. The number of alkyl halides is 1. The standard InChI is InChI=1S/C15H19ClN4/c1-4-12-13(5-2)19-20-15(17-12)18-14-9-7-6-8-11(14)10(3)16/h6-10H,4-5H2,1-3H3,(H,17,18,20). The highest BCUT2D eigenvalue weighted by atomic mass is 35.5. The molecular formula is C15H19ClN4. The van der Waals surface area contributed by atoms with Crippen molar-refractivity contribution in [3.05, 3.63) is 41.2 Å². The molecule has 0 radical (unpaired) electrons. The first-order valence-corrected chi connectivity index (χ1v) is 7.31. The summed E-state index contributed by atoms with van der Waals surface area (Å²) in [6.07, 6.45) is 1.69. The predicted molar refractivity (Wildman–Crippen MR) is 82.6 cm³/mol. The molecule has 4 nitrogen and oxygen atoms in total. The van der Waals surface area contributed by atoms with Gasteiger partial charge in [0.25, 0.3) is 0 Å². The van der Waals surface area contributed by atoms with Gasteiger partial charge in [0.15, 0.2) is 0 Å². The maximum absolute atomic E-state index is 6.18. The molecule has 2 aromatic rings. The van der Waals surface area contributed by atoms with Crippen LogP contribution in [-0.2, 0) is 12.8 Å². The molecule has 0 spiro atoms. The number of aromatic nitrogens is 3. The Morgan fingerprint density at radius 1 is 1.10 bits per heavy atom. The Kier molecular flexibility index (Phi) is 4.90. The second-order valence-electron chi connectivity index (χ2n) is 4.56. The van der Waals surface area contributed by atoms with Gasteiger partial charge < -0.3 is 5.32 Å². The lowest BCUT2D eigenvalue weighted by atomic mass is 10.1. The first-order chi connectivity index (χ1) is 9.65. The number of para-hydroxylation sites is 1. The van der Waals surface area contributed by atoms with E-state index in [1.54, 1.807) is 0 Å². The van der Waals surface area contributed by atoms with E-state index in [0.29, 0.717) is 5.95 Å². The third-order valence-corrected chi connectivity index (χ3v) is 3.38. The van der Waals surface area contributed by atoms with Crippen LogP contribution in [0, 0.1) is 0 Å². The minimum absolute atomic E-state index is 0.0766. The molecule has 0 fully saturated rings. The molecule has 1 aromatic heterocycles. The average molecular weight is 291 g/mol. The van der Waals surface area contributed by atoms with Crippen molar-refractivity contribution in [3.8, 4) is 0 Å². The minimum Gasteiger partial charge on any atom is -0.323 e. The van der Waals surface area contributed by atoms with Crippen LogP contribution >= 0.6 is 11.6 Å². The Balaban J connectivity index is 2.31. The SMILES string of the molecule is CCc1nnc(Nc2ccccc2C(C)Cl)nc1CC. The van der Waals surface area contributed by atoms with Crippen LogP contribution in [0.5, 0.6) is 0 Å². The molecule has 20 heavy (non-hydrogen) atoms. The fourth-order valence-corrected chi connectivity index (χ4v) is 2.26. The highest BCUT2D eigenvalue weighted by Crippen LogP contribution is 2.28. The molecule has 0 saturated heterocycles. The molecule has 1 N–H and O–H groups in total. The lowest BCUT2D eigenvalue weighted by Crippen LogP contribution is -2.07. The van der Waals surface area contributed by atoms with Gasteiger partial charge in [-0.2, -0.15) is 0 Å². The molecule has 0 bridgehead atoms. The summed E-state index contributed by atoms with van der Waals surface area (Å²) in [5.74, 6) is 0.517.